The summed E-state index contributed by atoms with van der Waals surface area (Å²) in [5.41, 5.74) is 7.57. The van der Waals surface area contributed by atoms with Gasteiger partial charge in [-0.25, -0.2) is 0 Å². The maximum absolute atomic E-state index is 15.1. The number of aryl methyl sites for hydroxylation is 2. The molecule has 0 aromatic heterocycles. The van der Waals surface area contributed by atoms with Crippen LogP contribution in [-0.2, 0) is 12.8 Å². The highest BCUT2D eigenvalue weighted by Gasteiger charge is 2.42. The van der Waals surface area contributed by atoms with Crippen LogP contribution in [0.5, 0.6) is 11.5 Å². The van der Waals surface area contributed by atoms with Gasteiger partial charge in [0.2, 0.25) is 0 Å². The number of hydrogen-bond acceptors (Lipinski definition) is 4. The highest BCUT2D eigenvalue weighted by molar-refractivity contribution is 7.53. The quantitative estimate of drug-likeness (QED) is 0.0596. The first-order chi connectivity index (χ1) is 33.9. The van der Waals surface area contributed by atoms with E-state index in [1.807, 2.05) is 0 Å². The van der Waals surface area contributed by atoms with Crippen LogP contribution in [0.1, 0.15) is 102 Å². The average molecular weight is 925 g/mol. The van der Waals surface area contributed by atoms with Gasteiger partial charge < -0.3 is 4.89 Å². The van der Waals surface area contributed by atoms with E-state index in [9.17, 15) is 4.89 Å². The summed E-state index contributed by atoms with van der Waals surface area (Å²) >= 11 is 0. The van der Waals surface area contributed by atoms with Gasteiger partial charge in [0.1, 0.15) is 0 Å². The minimum Gasteiger partial charge on any atom is -0.591 e. The lowest BCUT2D eigenvalue weighted by Gasteiger charge is -2.22. The van der Waals surface area contributed by atoms with Crippen LogP contribution in [0.25, 0.3) is 98.0 Å². The van der Waals surface area contributed by atoms with E-state index in [1.165, 1.54) is 75.3 Å². The molecule has 1 N–H and O–H groups in total. The SMILES string of the molecule is CCCCCCCCc1ccc2c3c(c(-c4c5ccccc5cc5ccccc45)cc2c1)O[P+]([O-])(O)Oc1c(-c2c4ccccc4cc4ccccc24)cc2cc(CCCCCCCC)ccc2c1-3. The first kappa shape index (κ1) is 45.2. The fourth-order valence-corrected chi connectivity index (χ4v) is 12.2. The van der Waals surface area contributed by atoms with Crippen LogP contribution in [0, 0.1) is 0 Å². The molecule has 0 amide bonds. The second kappa shape index (κ2) is 19.6. The van der Waals surface area contributed by atoms with Gasteiger partial charge in [-0.1, -0.05) is 212 Å². The van der Waals surface area contributed by atoms with Crippen LogP contribution in [0.15, 0.2) is 158 Å². The summed E-state index contributed by atoms with van der Waals surface area (Å²) < 4.78 is 13.4. The molecule has 4 nitrogen and oxygen atoms in total. The number of phosphoric acid groups is 1. The summed E-state index contributed by atoms with van der Waals surface area (Å²) in [7, 11) is -4.86. The Bertz CT molecular complexity index is 3190. The van der Waals surface area contributed by atoms with E-state index in [0.717, 1.165) is 124 Å². The van der Waals surface area contributed by atoms with Crippen molar-refractivity contribution in [1.29, 1.82) is 0 Å². The molecule has 11 rings (SSSR count). The predicted octanol–water partition coefficient (Wildman–Crippen LogP) is 18.2. The minimum absolute atomic E-state index is 0.356. The molecular weight excluding hydrogens is 864 g/mol. The van der Waals surface area contributed by atoms with E-state index in [4.69, 9.17) is 9.05 Å². The van der Waals surface area contributed by atoms with Crippen molar-refractivity contribution in [1.82, 2.24) is 0 Å². The average Bonchev–Trinajstić information content (AvgIpc) is 3.49. The van der Waals surface area contributed by atoms with E-state index in [2.05, 4.69) is 172 Å². The molecule has 10 aromatic rings. The van der Waals surface area contributed by atoms with Crippen LogP contribution >= 0.6 is 8.17 Å². The summed E-state index contributed by atoms with van der Waals surface area (Å²) in [5.74, 6) is 0.712. The smallest absolute Gasteiger partial charge is 0.470 e. The van der Waals surface area contributed by atoms with Gasteiger partial charge in [-0.05, 0) is 126 Å². The van der Waals surface area contributed by atoms with Gasteiger partial charge in [-0.2, -0.15) is 4.89 Å². The Morgan fingerprint density at radius 2 is 0.696 bits per heavy atom. The Hall–Kier alpha value is -6.29. The van der Waals surface area contributed by atoms with Crippen molar-refractivity contribution in [2.75, 3.05) is 0 Å². The Balaban J connectivity index is 1.23. The maximum atomic E-state index is 15.1. The van der Waals surface area contributed by atoms with Crippen LogP contribution in [-0.4, -0.2) is 4.89 Å². The molecule has 0 radical (unpaired) electrons. The zero-order valence-corrected chi connectivity index (χ0v) is 40.9. The molecule has 0 saturated heterocycles. The fourth-order valence-electron chi connectivity index (χ4n) is 11.3. The van der Waals surface area contributed by atoms with Gasteiger partial charge >= 0.3 is 8.17 Å². The lowest BCUT2D eigenvalue weighted by molar-refractivity contribution is -0.224. The maximum Gasteiger partial charge on any atom is 0.470 e. The number of hydrogen-bond donors (Lipinski definition) is 1. The van der Waals surface area contributed by atoms with Crippen LogP contribution < -0.4 is 13.9 Å². The number of phosphoric ester groups is 1. The van der Waals surface area contributed by atoms with Crippen molar-refractivity contribution in [3.05, 3.63) is 169 Å². The first-order valence-electron chi connectivity index (χ1n) is 25.6. The third kappa shape index (κ3) is 8.85. The summed E-state index contributed by atoms with van der Waals surface area (Å²) in [6.45, 7) is 4.54. The number of unbranched alkanes of at least 4 members (excludes halogenated alkanes) is 10. The van der Waals surface area contributed by atoms with Crippen molar-refractivity contribution < 1.29 is 18.8 Å². The molecule has 0 aliphatic carbocycles. The van der Waals surface area contributed by atoms with E-state index >= 15 is 4.89 Å². The molecule has 0 spiro atoms. The third-order valence-electron chi connectivity index (χ3n) is 14.7. The van der Waals surface area contributed by atoms with Crippen molar-refractivity contribution in [2.24, 2.45) is 0 Å². The molecule has 1 aliphatic rings. The molecule has 10 aromatic carbocycles. The number of rotatable bonds is 16. The number of fused-ring (bicyclic) bond motifs is 11. The summed E-state index contributed by atoms with van der Waals surface area (Å²) in [6.07, 6.45) is 16.8. The standard InChI is InChI=1S/C64H61O4P/c1-3-5-7-9-11-13-23-43-33-35-55-49(37-43)41-57(59-51-29-19-15-25-45(51)39-46-26-16-20-30-52(46)59)63-61(55)62-56-36-34-44(24-14-12-10-8-6-4-2)38-50(56)42-58(64(62)68-69(65,66)67-63)60-53-31-21-17-27-47(53)40-48-28-18-22-32-54(48)60/h15-22,25-42H,3-14,23-24H2,1-2H3,(H,65,66). The number of benzene rings is 10. The predicted molar refractivity (Wildman–Crippen MR) is 292 cm³/mol. The molecule has 0 bridgehead atoms. The molecular formula is C64H61O4P. The Morgan fingerprint density at radius 1 is 0.362 bits per heavy atom. The lowest BCUT2D eigenvalue weighted by atomic mass is 9.83. The molecule has 0 unspecified atom stereocenters. The van der Waals surface area contributed by atoms with Gasteiger partial charge in [0, 0.05) is 33.4 Å². The third-order valence-corrected chi connectivity index (χ3v) is 15.5. The Kier molecular flexibility index (Phi) is 12.8. The highest BCUT2D eigenvalue weighted by Crippen LogP contribution is 2.64. The molecule has 0 fully saturated rings. The second-order valence-electron chi connectivity index (χ2n) is 19.4. The molecule has 5 heteroatoms. The lowest BCUT2D eigenvalue weighted by Crippen LogP contribution is -2.20. The van der Waals surface area contributed by atoms with Gasteiger partial charge in [0.15, 0.2) is 11.5 Å². The minimum atomic E-state index is -4.86. The van der Waals surface area contributed by atoms with Crippen molar-refractivity contribution in [3.8, 4) is 44.9 Å². The van der Waals surface area contributed by atoms with Crippen molar-refractivity contribution in [3.63, 3.8) is 0 Å². The molecule has 69 heavy (non-hydrogen) atoms. The topological polar surface area (TPSA) is 61.8 Å². The van der Waals surface area contributed by atoms with Gasteiger partial charge in [0.05, 0.1) is 0 Å². The van der Waals surface area contributed by atoms with E-state index in [0.29, 0.717) is 11.5 Å². The Labute approximate surface area is 407 Å². The highest BCUT2D eigenvalue weighted by atomic mass is 31.2. The van der Waals surface area contributed by atoms with Crippen LogP contribution in [0.2, 0.25) is 0 Å². The van der Waals surface area contributed by atoms with Gasteiger partial charge in [0.25, 0.3) is 0 Å². The first-order valence-corrected chi connectivity index (χ1v) is 27.1. The molecule has 0 atom stereocenters. The fraction of sp³-hybridized carbons (Fsp3) is 0.250. The molecule has 1 aliphatic heterocycles. The zero-order chi connectivity index (χ0) is 46.9. The zero-order valence-electron chi connectivity index (χ0n) is 40.0. The van der Waals surface area contributed by atoms with E-state index in [-0.39, 0.29) is 0 Å². The van der Waals surface area contributed by atoms with Crippen LogP contribution in [0.3, 0.4) is 0 Å². The largest absolute Gasteiger partial charge is 0.591 e. The monoisotopic (exact) mass is 924 g/mol. The van der Waals surface area contributed by atoms with Crippen molar-refractivity contribution >= 4 is 72.8 Å². The molecule has 0 saturated carbocycles. The van der Waals surface area contributed by atoms with Crippen LogP contribution in [0.4, 0.5) is 0 Å². The summed E-state index contributed by atoms with van der Waals surface area (Å²) in [4.78, 5) is 27.5. The molecule has 1 heterocycles. The summed E-state index contributed by atoms with van der Waals surface area (Å²) in [5, 5.41) is 12.5. The van der Waals surface area contributed by atoms with E-state index < -0.39 is 8.17 Å². The molecule has 346 valence electrons. The van der Waals surface area contributed by atoms with Crippen molar-refractivity contribution in [2.45, 2.75) is 104 Å². The Morgan fingerprint density at radius 3 is 1.07 bits per heavy atom. The summed E-state index contributed by atoms with van der Waals surface area (Å²) in [6, 6.07) is 56.4. The normalized spacial score (nSPS) is 13.2. The van der Waals surface area contributed by atoms with Gasteiger partial charge in [-0.3, -0.25) is 9.05 Å². The van der Waals surface area contributed by atoms with E-state index in [1.54, 1.807) is 0 Å². The second-order valence-corrected chi connectivity index (χ2v) is 20.7. The van der Waals surface area contributed by atoms with Gasteiger partial charge in [-0.15, -0.1) is 0 Å².